The Hall–Kier alpha value is -2.12. The molecule has 0 aliphatic rings. The SMILES string of the molecule is Cc1cc(C)cc(-n2c(SCC(=O)NC(C)(C)C)nc3ccsc3c2=O)c1. The number of amides is 1. The topological polar surface area (TPSA) is 64.0 Å². The number of hydrogen-bond donors (Lipinski definition) is 1. The highest BCUT2D eigenvalue weighted by Crippen LogP contribution is 2.24. The van der Waals surface area contributed by atoms with Crippen LogP contribution in [-0.4, -0.2) is 26.8 Å². The molecule has 0 aliphatic carbocycles. The molecule has 0 fully saturated rings. The van der Waals surface area contributed by atoms with Gasteiger partial charge in [-0.1, -0.05) is 17.8 Å². The maximum absolute atomic E-state index is 13.1. The van der Waals surface area contributed by atoms with E-state index >= 15 is 0 Å². The highest BCUT2D eigenvalue weighted by molar-refractivity contribution is 7.99. The molecule has 1 N–H and O–H groups in total. The van der Waals surface area contributed by atoms with Crippen molar-refractivity contribution in [1.82, 2.24) is 14.9 Å². The van der Waals surface area contributed by atoms with E-state index < -0.39 is 0 Å². The van der Waals surface area contributed by atoms with Crippen LogP contribution in [0.5, 0.6) is 0 Å². The zero-order valence-electron chi connectivity index (χ0n) is 16.1. The molecule has 5 nitrogen and oxygen atoms in total. The summed E-state index contributed by atoms with van der Waals surface area (Å²) in [7, 11) is 0. The molecule has 2 aromatic heterocycles. The number of carbonyl (C=O) groups is 1. The maximum Gasteiger partial charge on any atom is 0.276 e. The van der Waals surface area contributed by atoms with Crippen LogP contribution in [0, 0.1) is 13.8 Å². The van der Waals surface area contributed by atoms with Crippen LogP contribution in [0.3, 0.4) is 0 Å². The van der Waals surface area contributed by atoms with Crippen LogP contribution in [0.1, 0.15) is 31.9 Å². The minimum atomic E-state index is -0.296. The Kier molecular flexibility index (Phi) is 5.44. The summed E-state index contributed by atoms with van der Waals surface area (Å²) in [6, 6.07) is 7.84. The molecular weight excluding hydrogens is 378 g/mol. The van der Waals surface area contributed by atoms with Gasteiger partial charge in [-0.15, -0.1) is 11.3 Å². The Labute approximate surface area is 166 Å². The highest BCUT2D eigenvalue weighted by atomic mass is 32.2. The summed E-state index contributed by atoms with van der Waals surface area (Å²) in [5.41, 5.74) is 3.20. The molecule has 1 aromatic carbocycles. The van der Waals surface area contributed by atoms with E-state index in [1.165, 1.54) is 23.1 Å². The third kappa shape index (κ3) is 4.59. The Bertz CT molecular complexity index is 1040. The minimum Gasteiger partial charge on any atom is -0.351 e. The Balaban J connectivity index is 2.05. The predicted molar refractivity (Wildman–Crippen MR) is 113 cm³/mol. The molecule has 3 aromatic rings. The van der Waals surface area contributed by atoms with Crippen molar-refractivity contribution in [1.29, 1.82) is 0 Å². The molecule has 3 rings (SSSR count). The second-order valence-electron chi connectivity index (χ2n) is 7.60. The van der Waals surface area contributed by atoms with Gasteiger partial charge in [0.1, 0.15) is 4.70 Å². The molecule has 0 saturated carbocycles. The van der Waals surface area contributed by atoms with E-state index in [0.29, 0.717) is 15.4 Å². The number of thioether (sulfide) groups is 1. The fraction of sp³-hybridized carbons (Fsp3) is 0.350. The lowest BCUT2D eigenvalue weighted by molar-refractivity contribution is -0.119. The smallest absolute Gasteiger partial charge is 0.276 e. The molecule has 27 heavy (non-hydrogen) atoms. The van der Waals surface area contributed by atoms with Crippen LogP contribution in [-0.2, 0) is 4.79 Å². The first-order chi connectivity index (χ1) is 12.6. The normalized spacial score (nSPS) is 11.7. The van der Waals surface area contributed by atoms with Gasteiger partial charge in [0.15, 0.2) is 5.16 Å². The third-order valence-corrected chi connectivity index (χ3v) is 5.59. The summed E-state index contributed by atoms with van der Waals surface area (Å²) >= 11 is 2.67. The van der Waals surface area contributed by atoms with E-state index in [0.717, 1.165) is 16.8 Å². The molecule has 142 valence electrons. The molecular formula is C20H23N3O2S2. The van der Waals surface area contributed by atoms with Crippen LogP contribution < -0.4 is 10.9 Å². The van der Waals surface area contributed by atoms with E-state index in [2.05, 4.69) is 16.4 Å². The van der Waals surface area contributed by atoms with Crippen LogP contribution in [0.15, 0.2) is 39.6 Å². The lowest BCUT2D eigenvalue weighted by Crippen LogP contribution is -2.41. The van der Waals surface area contributed by atoms with Crippen molar-refractivity contribution in [2.24, 2.45) is 0 Å². The van der Waals surface area contributed by atoms with Gasteiger partial charge in [0, 0.05) is 5.54 Å². The molecule has 7 heteroatoms. The van der Waals surface area contributed by atoms with Gasteiger partial charge in [-0.05, 0) is 69.3 Å². The number of benzene rings is 1. The molecule has 1 amide bonds. The fourth-order valence-corrected chi connectivity index (χ4v) is 4.45. The van der Waals surface area contributed by atoms with Crippen molar-refractivity contribution in [3.05, 3.63) is 51.1 Å². The van der Waals surface area contributed by atoms with E-state index in [4.69, 9.17) is 0 Å². The molecule has 0 aliphatic heterocycles. The zero-order chi connectivity index (χ0) is 19.8. The van der Waals surface area contributed by atoms with Crippen LogP contribution >= 0.6 is 23.1 Å². The molecule has 0 saturated heterocycles. The summed E-state index contributed by atoms with van der Waals surface area (Å²) in [5.74, 6) is 0.114. The second kappa shape index (κ2) is 7.48. The second-order valence-corrected chi connectivity index (χ2v) is 9.46. The first-order valence-corrected chi connectivity index (χ1v) is 10.5. The average Bonchev–Trinajstić information content (AvgIpc) is 2.99. The highest BCUT2D eigenvalue weighted by Gasteiger charge is 2.18. The maximum atomic E-state index is 13.1. The lowest BCUT2D eigenvalue weighted by atomic mass is 10.1. The van der Waals surface area contributed by atoms with Crippen molar-refractivity contribution in [2.45, 2.75) is 45.3 Å². The lowest BCUT2D eigenvalue weighted by Gasteiger charge is -2.20. The van der Waals surface area contributed by atoms with E-state index in [9.17, 15) is 9.59 Å². The summed E-state index contributed by atoms with van der Waals surface area (Å²) in [6.07, 6.45) is 0. The van der Waals surface area contributed by atoms with Gasteiger partial charge in [0.05, 0.1) is 17.0 Å². The Morgan fingerprint density at radius 1 is 1.22 bits per heavy atom. The summed E-state index contributed by atoms with van der Waals surface area (Å²) in [6.45, 7) is 9.83. The fourth-order valence-electron chi connectivity index (χ4n) is 2.88. The number of aryl methyl sites for hydroxylation is 2. The van der Waals surface area contributed by atoms with Gasteiger partial charge in [0.25, 0.3) is 5.56 Å². The zero-order valence-corrected chi connectivity index (χ0v) is 17.8. The molecule has 0 bridgehead atoms. The van der Waals surface area contributed by atoms with Crippen LogP contribution in [0.2, 0.25) is 0 Å². The summed E-state index contributed by atoms with van der Waals surface area (Å²) in [4.78, 5) is 30.0. The first kappa shape index (κ1) is 19.6. The van der Waals surface area contributed by atoms with E-state index in [1.807, 2.05) is 58.2 Å². The largest absolute Gasteiger partial charge is 0.351 e. The Morgan fingerprint density at radius 2 is 1.89 bits per heavy atom. The van der Waals surface area contributed by atoms with E-state index in [-0.39, 0.29) is 22.8 Å². The Morgan fingerprint density at radius 3 is 2.52 bits per heavy atom. The standard InChI is InChI=1S/C20H23N3O2S2/c1-12-8-13(2)10-14(9-12)23-18(25)17-15(6-7-26-17)21-19(23)27-11-16(24)22-20(3,4)5/h6-10H,11H2,1-5H3,(H,22,24). The minimum absolute atomic E-state index is 0.0841. The van der Waals surface area contributed by atoms with Crippen molar-refractivity contribution in [3.63, 3.8) is 0 Å². The van der Waals surface area contributed by atoms with Gasteiger partial charge in [-0.3, -0.25) is 14.2 Å². The number of hydrogen-bond acceptors (Lipinski definition) is 5. The number of rotatable bonds is 4. The average molecular weight is 402 g/mol. The molecule has 0 spiro atoms. The quantitative estimate of drug-likeness (QED) is 0.529. The van der Waals surface area contributed by atoms with Gasteiger partial charge in [-0.25, -0.2) is 4.98 Å². The molecule has 0 unspecified atom stereocenters. The monoisotopic (exact) mass is 401 g/mol. The number of thiophene rings is 1. The predicted octanol–water partition coefficient (Wildman–Crippen LogP) is 4.07. The van der Waals surface area contributed by atoms with Gasteiger partial charge < -0.3 is 5.32 Å². The molecule has 0 radical (unpaired) electrons. The number of nitrogens with zero attached hydrogens (tertiary/aromatic N) is 2. The van der Waals surface area contributed by atoms with Gasteiger partial charge in [-0.2, -0.15) is 0 Å². The molecule has 0 atom stereocenters. The summed E-state index contributed by atoms with van der Waals surface area (Å²) in [5, 5.41) is 5.34. The van der Waals surface area contributed by atoms with Gasteiger partial charge in [0.2, 0.25) is 5.91 Å². The van der Waals surface area contributed by atoms with E-state index in [1.54, 1.807) is 4.57 Å². The molecule has 2 heterocycles. The number of fused-ring (bicyclic) bond motifs is 1. The summed E-state index contributed by atoms with van der Waals surface area (Å²) < 4.78 is 2.24. The van der Waals surface area contributed by atoms with Crippen molar-refractivity contribution in [3.8, 4) is 5.69 Å². The first-order valence-electron chi connectivity index (χ1n) is 8.67. The van der Waals surface area contributed by atoms with Crippen molar-refractivity contribution in [2.75, 3.05) is 5.75 Å². The van der Waals surface area contributed by atoms with Crippen molar-refractivity contribution >= 4 is 39.2 Å². The van der Waals surface area contributed by atoms with Gasteiger partial charge >= 0.3 is 0 Å². The van der Waals surface area contributed by atoms with Crippen LogP contribution in [0.4, 0.5) is 0 Å². The third-order valence-electron chi connectivity index (χ3n) is 3.76. The van der Waals surface area contributed by atoms with Crippen molar-refractivity contribution < 1.29 is 4.79 Å². The van der Waals surface area contributed by atoms with Crippen LogP contribution in [0.25, 0.3) is 15.9 Å². The number of aromatic nitrogens is 2. The number of carbonyl (C=O) groups excluding carboxylic acids is 1. The number of nitrogens with one attached hydrogen (secondary N) is 1.